The van der Waals surface area contributed by atoms with Crippen molar-refractivity contribution in [2.45, 2.75) is 18.9 Å². The van der Waals surface area contributed by atoms with Crippen LogP contribution in [0.25, 0.3) is 10.9 Å². The fourth-order valence-corrected chi connectivity index (χ4v) is 3.63. The zero-order valence-electron chi connectivity index (χ0n) is 16.5. The predicted molar refractivity (Wildman–Crippen MR) is 112 cm³/mol. The third kappa shape index (κ3) is 3.84. The van der Waals surface area contributed by atoms with E-state index >= 15 is 0 Å². The van der Waals surface area contributed by atoms with E-state index in [1.54, 1.807) is 24.3 Å². The monoisotopic (exact) mass is 406 g/mol. The summed E-state index contributed by atoms with van der Waals surface area (Å²) in [6.45, 7) is 0.247. The summed E-state index contributed by atoms with van der Waals surface area (Å²) in [5, 5.41) is 6.39. The highest BCUT2D eigenvalue weighted by Crippen LogP contribution is 2.24. The fraction of sp³-hybridized carbons (Fsp3) is 0.227. The number of benzene rings is 2. The molecule has 3 N–H and O–H groups in total. The maximum absolute atomic E-state index is 12.7. The number of methoxy groups -OCH3 is 1. The Bertz CT molecular complexity index is 1110. The van der Waals surface area contributed by atoms with Crippen molar-refractivity contribution in [1.82, 2.24) is 15.2 Å². The largest absolute Gasteiger partial charge is 0.495 e. The van der Waals surface area contributed by atoms with Gasteiger partial charge in [0.25, 0.3) is 5.91 Å². The normalized spacial score (nSPS) is 16.0. The van der Waals surface area contributed by atoms with Crippen molar-refractivity contribution in [3.63, 3.8) is 0 Å². The van der Waals surface area contributed by atoms with E-state index in [2.05, 4.69) is 15.6 Å². The number of nitrogens with zero attached hydrogens (tertiary/aromatic N) is 1. The molecule has 1 saturated heterocycles. The Labute approximate surface area is 173 Å². The molecule has 0 bridgehead atoms. The van der Waals surface area contributed by atoms with Gasteiger partial charge in [0.1, 0.15) is 11.8 Å². The zero-order valence-corrected chi connectivity index (χ0v) is 16.5. The molecule has 30 heavy (non-hydrogen) atoms. The molecule has 0 aliphatic carbocycles. The van der Waals surface area contributed by atoms with Gasteiger partial charge in [-0.1, -0.05) is 30.3 Å². The number of hydrogen-bond acceptors (Lipinski definition) is 4. The molecule has 1 fully saturated rings. The SMILES string of the molecule is COc1ccccc1NC(=O)C[C@H]1NC(=O)N(CCc2c[nH]c3ccccc23)C1=O. The Morgan fingerprint density at radius 3 is 2.73 bits per heavy atom. The molecule has 0 saturated carbocycles. The molecule has 8 nitrogen and oxygen atoms in total. The molecule has 3 aromatic rings. The number of imide groups is 1. The first-order chi connectivity index (χ1) is 14.6. The summed E-state index contributed by atoms with van der Waals surface area (Å²) in [6, 6.07) is 13.5. The summed E-state index contributed by atoms with van der Waals surface area (Å²) in [7, 11) is 1.51. The topological polar surface area (TPSA) is 104 Å². The zero-order chi connectivity index (χ0) is 21.1. The van der Waals surface area contributed by atoms with Gasteiger partial charge >= 0.3 is 6.03 Å². The van der Waals surface area contributed by atoms with Gasteiger partial charge in [-0.05, 0) is 30.2 Å². The van der Waals surface area contributed by atoms with Crippen LogP contribution in [-0.2, 0) is 16.0 Å². The van der Waals surface area contributed by atoms with Crippen LogP contribution in [0.1, 0.15) is 12.0 Å². The first-order valence-electron chi connectivity index (χ1n) is 9.66. The third-order valence-corrected chi connectivity index (χ3v) is 5.16. The molecule has 8 heteroatoms. The molecule has 0 unspecified atom stereocenters. The summed E-state index contributed by atoms with van der Waals surface area (Å²) in [4.78, 5) is 41.7. The number of carbonyl (C=O) groups is 3. The van der Waals surface area contributed by atoms with Crippen LogP contribution in [0.15, 0.2) is 54.7 Å². The van der Waals surface area contributed by atoms with E-state index in [0.29, 0.717) is 17.9 Å². The second-order valence-electron chi connectivity index (χ2n) is 7.05. The average molecular weight is 406 g/mol. The highest BCUT2D eigenvalue weighted by molar-refractivity contribution is 6.07. The Morgan fingerprint density at radius 1 is 1.13 bits per heavy atom. The molecule has 1 aliphatic rings. The van der Waals surface area contributed by atoms with Crippen molar-refractivity contribution >= 4 is 34.4 Å². The Hall–Kier alpha value is -3.81. The van der Waals surface area contributed by atoms with Gasteiger partial charge in [-0.15, -0.1) is 0 Å². The van der Waals surface area contributed by atoms with E-state index in [4.69, 9.17) is 4.74 Å². The number of anilines is 1. The number of hydrogen-bond donors (Lipinski definition) is 3. The lowest BCUT2D eigenvalue weighted by molar-refractivity contribution is -0.129. The second-order valence-corrected chi connectivity index (χ2v) is 7.05. The number of aromatic nitrogens is 1. The average Bonchev–Trinajstić information content (AvgIpc) is 3.27. The van der Waals surface area contributed by atoms with Crippen molar-refractivity contribution in [1.29, 1.82) is 0 Å². The number of carbonyl (C=O) groups excluding carboxylic acids is 3. The number of amides is 4. The fourth-order valence-electron chi connectivity index (χ4n) is 3.63. The van der Waals surface area contributed by atoms with Crippen LogP contribution in [0.5, 0.6) is 5.75 Å². The van der Waals surface area contributed by atoms with E-state index in [1.807, 2.05) is 30.5 Å². The van der Waals surface area contributed by atoms with Crippen molar-refractivity contribution < 1.29 is 19.1 Å². The highest BCUT2D eigenvalue weighted by Gasteiger charge is 2.38. The maximum atomic E-state index is 12.7. The van der Waals surface area contributed by atoms with Crippen LogP contribution >= 0.6 is 0 Å². The molecule has 2 heterocycles. The lowest BCUT2D eigenvalue weighted by Crippen LogP contribution is -2.35. The van der Waals surface area contributed by atoms with E-state index in [-0.39, 0.29) is 18.9 Å². The standard InChI is InChI=1S/C22H22N4O4/c1-30-19-9-5-4-8-17(19)24-20(27)12-18-21(28)26(22(29)25-18)11-10-14-13-23-16-7-3-2-6-15(14)16/h2-9,13,18,23H,10-12H2,1H3,(H,24,27)(H,25,29)/t18-/m1/s1. The van der Waals surface area contributed by atoms with Crippen molar-refractivity contribution in [3.05, 3.63) is 60.3 Å². The smallest absolute Gasteiger partial charge is 0.324 e. The molecule has 154 valence electrons. The summed E-state index contributed by atoms with van der Waals surface area (Å²) in [5.74, 6) is -0.250. The van der Waals surface area contributed by atoms with Crippen LogP contribution < -0.4 is 15.4 Å². The molecule has 1 atom stereocenters. The number of para-hydroxylation sites is 3. The lowest BCUT2D eigenvalue weighted by Gasteiger charge is -2.13. The van der Waals surface area contributed by atoms with E-state index in [9.17, 15) is 14.4 Å². The van der Waals surface area contributed by atoms with Gasteiger partial charge in [-0.3, -0.25) is 14.5 Å². The number of nitrogens with one attached hydrogen (secondary N) is 3. The van der Waals surface area contributed by atoms with Gasteiger partial charge in [-0.2, -0.15) is 0 Å². The molecule has 4 rings (SSSR count). The van der Waals surface area contributed by atoms with Crippen molar-refractivity contribution in [3.8, 4) is 5.75 Å². The molecule has 0 radical (unpaired) electrons. The van der Waals surface area contributed by atoms with Crippen LogP contribution in [0.4, 0.5) is 10.5 Å². The Morgan fingerprint density at radius 2 is 1.90 bits per heavy atom. The first kappa shape index (κ1) is 19.5. The summed E-state index contributed by atoms with van der Waals surface area (Å²) < 4.78 is 5.21. The second kappa shape index (κ2) is 8.28. The van der Waals surface area contributed by atoms with Gasteiger partial charge in [0.05, 0.1) is 19.2 Å². The molecular weight excluding hydrogens is 384 g/mol. The van der Waals surface area contributed by atoms with E-state index < -0.39 is 18.0 Å². The third-order valence-electron chi connectivity index (χ3n) is 5.16. The number of aromatic amines is 1. The van der Waals surface area contributed by atoms with Gasteiger partial charge in [0.15, 0.2) is 0 Å². The number of ether oxygens (including phenoxy) is 1. The molecule has 1 aromatic heterocycles. The van der Waals surface area contributed by atoms with Crippen LogP contribution in [0, 0.1) is 0 Å². The highest BCUT2D eigenvalue weighted by atomic mass is 16.5. The van der Waals surface area contributed by atoms with Crippen molar-refractivity contribution in [2.75, 3.05) is 19.0 Å². The first-order valence-corrected chi connectivity index (χ1v) is 9.66. The van der Waals surface area contributed by atoms with E-state index in [0.717, 1.165) is 16.5 Å². The number of rotatable bonds is 7. The van der Waals surface area contributed by atoms with Gasteiger partial charge in [-0.25, -0.2) is 4.79 Å². The number of fused-ring (bicyclic) bond motifs is 1. The predicted octanol–water partition coefficient (Wildman–Crippen LogP) is 2.67. The van der Waals surface area contributed by atoms with Gasteiger partial charge in [0.2, 0.25) is 5.91 Å². The molecule has 1 aliphatic heterocycles. The Balaban J connectivity index is 1.37. The quantitative estimate of drug-likeness (QED) is 0.525. The van der Waals surface area contributed by atoms with E-state index in [1.165, 1.54) is 12.0 Å². The van der Waals surface area contributed by atoms with Crippen LogP contribution in [-0.4, -0.2) is 47.4 Å². The Kier molecular flexibility index (Phi) is 5.38. The van der Waals surface area contributed by atoms with Crippen LogP contribution in [0.3, 0.4) is 0 Å². The van der Waals surface area contributed by atoms with Gasteiger partial charge < -0.3 is 20.4 Å². The molecule has 0 spiro atoms. The lowest BCUT2D eigenvalue weighted by atomic mass is 10.1. The van der Waals surface area contributed by atoms with Crippen molar-refractivity contribution in [2.24, 2.45) is 0 Å². The maximum Gasteiger partial charge on any atom is 0.324 e. The summed E-state index contributed by atoms with van der Waals surface area (Å²) >= 11 is 0. The minimum Gasteiger partial charge on any atom is -0.495 e. The minimum atomic E-state index is -0.879. The molecule has 4 amide bonds. The van der Waals surface area contributed by atoms with Gasteiger partial charge in [0, 0.05) is 23.6 Å². The number of urea groups is 1. The molecule has 2 aromatic carbocycles. The summed E-state index contributed by atoms with van der Waals surface area (Å²) in [6.07, 6.45) is 2.27. The molecular formula is C22H22N4O4. The number of H-pyrrole nitrogens is 1. The minimum absolute atomic E-state index is 0.147. The van der Waals surface area contributed by atoms with Crippen LogP contribution in [0.2, 0.25) is 0 Å². The summed E-state index contributed by atoms with van der Waals surface area (Å²) in [5.41, 5.74) is 2.55.